The second-order valence-electron chi connectivity index (χ2n) is 5.99. The predicted molar refractivity (Wildman–Crippen MR) is 90.7 cm³/mol. The molecule has 22 heavy (non-hydrogen) atoms. The molecule has 4 nitrogen and oxygen atoms in total. The van der Waals surface area contributed by atoms with Crippen LogP contribution in [-0.2, 0) is 14.3 Å². The van der Waals surface area contributed by atoms with Gasteiger partial charge in [0, 0.05) is 13.0 Å². The van der Waals surface area contributed by atoms with Crippen molar-refractivity contribution in [1.29, 1.82) is 0 Å². The highest BCUT2D eigenvalue weighted by Gasteiger charge is 1.99. The van der Waals surface area contributed by atoms with Crippen molar-refractivity contribution in [2.45, 2.75) is 89.9 Å². The molecule has 130 valence electrons. The van der Waals surface area contributed by atoms with Gasteiger partial charge in [-0.1, -0.05) is 70.6 Å². The lowest BCUT2D eigenvalue weighted by molar-refractivity contribution is -0.140. The first-order valence-corrected chi connectivity index (χ1v) is 9.05. The number of ether oxygens (including phenoxy) is 1. The molecule has 4 heteroatoms. The molecule has 0 rings (SSSR count). The second-order valence-corrected chi connectivity index (χ2v) is 5.99. The van der Waals surface area contributed by atoms with Crippen LogP contribution in [0.2, 0.25) is 0 Å². The molecule has 0 aliphatic rings. The minimum Gasteiger partial charge on any atom is -0.469 e. The summed E-state index contributed by atoms with van der Waals surface area (Å²) in [5.74, 6) is -0.0833. The van der Waals surface area contributed by atoms with Gasteiger partial charge in [0.25, 0.3) is 0 Å². The summed E-state index contributed by atoms with van der Waals surface area (Å²) in [6.45, 7) is 0.823. The molecule has 0 aromatic heterocycles. The summed E-state index contributed by atoms with van der Waals surface area (Å²) in [6.07, 6.45) is 17.7. The summed E-state index contributed by atoms with van der Waals surface area (Å²) in [6, 6.07) is 0. The maximum absolute atomic E-state index is 10.9. The summed E-state index contributed by atoms with van der Waals surface area (Å²) in [5.41, 5.74) is 0. The van der Waals surface area contributed by atoms with Crippen LogP contribution in [0.15, 0.2) is 0 Å². The van der Waals surface area contributed by atoms with Crippen molar-refractivity contribution in [3.05, 3.63) is 0 Å². The van der Waals surface area contributed by atoms with Crippen LogP contribution in [0.25, 0.3) is 0 Å². The van der Waals surface area contributed by atoms with Gasteiger partial charge in [0.1, 0.15) is 0 Å². The Bertz CT molecular complexity index is 257. The third-order valence-corrected chi connectivity index (χ3v) is 4.01. The van der Waals surface area contributed by atoms with Gasteiger partial charge in [-0.25, -0.2) is 0 Å². The number of rotatable bonds is 17. The molecule has 0 fully saturated rings. The average molecular weight is 313 g/mol. The lowest BCUT2D eigenvalue weighted by Gasteiger charge is -2.03. The Morgan fingerprint density at radius 1 is 0.773 bits per heavy atom. The summed E-state index contributed by atoms with van der Waals surface area (Å²) in [4.78, 5) is 21.0. The molecular formula is C18H35NO3. The second kappa shape index (κ2) is 18.0. The van der Waals surface area contributed by atoms with Crippen LogP contribution in [0.5, 0.6) is 0 Å². The Balaban J connectivity index is 2.99. The van der Waals surface area contributed by atoms with E-state index in [4.69, 9.17) is 0 Å². The minimum atomic E-state index is -0.0833. The fraction of sp³-hybridized carbons (Fsp3) is 0.889. The first-order chi connectivity index (χ1) is 10.8. The third-order valence-electron chi connectivity index (χ3n) is 4.01. The van der Waals surface area contributed by atoms with E-state index in [9.17, 15) is 9.59 Å². The maximum Gasteiger partial charge on any atom is 0.305 e. The van der Waals surface area contributed by atoms with E-state index in [0.717, 1.165) is 32.2 Å². The fourth-order valence-electron chi connectivity index (χ4n) is 2.60. The number of nitrogens with one attached hydrogen (secondary N) is 1. The number of esters is 1. The summed E-state index contributed by atoms with van der Waals surface area (Å²) >= 11 is 0. The van der Waals surface area contributed by atoms with Crippen LogP contribution in [0, 0.1) is 0 Å². The number of hydrogen-bond donors (Lipinski definition) is 1. The lowest BCUT2D eigenvalue weighted by atomic mass is 10.0. The largest absolute Gasteiger partial charge is 0.469 e. The van der Waals surface area contributed by atoms with Crippen LogP contribution in [0.3, 0.4) is 0 Å². The van der Waals surface area contributed by atoms with Gasteiger partial charge in [-0.05, 0) is 12.8 Å². The molecule has 0 unspecified atom stereocenters. The fourth-order valence-corrected chi connectivity index (χ4v) is 2.60. The molecule has 1 N–H and O–H groups in total. The van der Waals surface area contributed by atoms with Crippen molar-refractivity contribution in [2.75, 3.05) is 13.7 Å². The average Bonchev–Trinajstić information content (AvgIpc) is 2.54. The van der Waals surface area contributed by atoms with E-state index in [-0.39, 0.29) is 5.97 Å². The highest BCUT2D eigenvalue weighted by Crippen LogP contribution is 2.12. The molecule has 1 amide bonds. The molecule has 0 spiro atoms. The molecule has 0 atom stereocenters. The van der Waals surface area contributed by atoms with E-state index in [2.05, 4.69) is 10.1 Å². The maximum atomic E-state index is 10.9. The van der Waals surface area contributed by atoms with E-state index in [1.807, 2.05) is 0 Å². The molecule has 0 bridgehead atoms. The SMILES string of the molecule is COC(=O)CCCCCCCCCCCCCCCNC=O. The lowest BCUT2D eigenvalue weighted by Crippen LogP contribution is -2.11. The number of methoxy groups -OCH3 is 1. The molecule has 0 saturated heterocycles. The first kappa shape index (κ1) is 20.9. The first-order valence-electron chi connectivity index (χ1n) is 9.05. The van der Waals surface area contributed by atoms with Gasteiger partial charge in [0.05, 0.1) is 7.11 Å². The number of unbranched alkanes of at least 4 members (excludes halogenated alkanes) is 12. The number of carbonyl (C=O) groups is 2. The molecular weight excluding hydrogens is 278 g/mol. The molecule has 0 aliphatic heterocycles. The smallest absolute Gasteiger partial charge is 0.305 e. The van der Waals surface area contributed by atoms with Crippen molar-refractivity contribution >= 4 is 12.4 Å². The Kier molecular flexibility index (Phi) is 17.1. The van der Waals surface area contributed by atoms with Crippen molar-refractivity contribution < 1.29 is 14.3 Å². The number of carbonyl (C=O) groups excluding carboxylic acids is 2. The van der Waals surface area contributed by atoms with Gasteiger partial charge in [-0.2, -0.15) is 0 Å². The minimum absolute atomic E-state index is 0.0833. The summed E-state index contributed by atoms with van der Waals surface area (Å²) in [7, 11) is 1.45. The van der Waals surface area contributed by atoms with Crippen molar-refractivity contribution in [3.8, 4) is 0 Å². The summed E-state index contributed by atoms with van der Waals surface area (Å²) < 4.78 is 4.62. The topological polar surface area (TPSA) is 55.4 Å². The highest BCUT2D eigenvalue weighted by atomic mass is 16.5. The Hall–Kier alpha value is -1.06. The van der Waals surface area contributed by atoms with Crippen molar-refractivity contribution in [3.63, 3.8) is 0 Å². The van der Waals surface area contributed by atoms with E-state index >= 15 is 0 Å². The van der Waals surface area contributed by atoms with Gasteiger partial charge in [-0.3, -0.25) is 9.59 Å². The molecule has 0 heterocycles. The summed E-state index contributed by atoms with van der Waals surface area (Å²) in [5, 5.41) is 2.70. The zero-order chi connectivity index (χ0) is 16.3. The van der Waals surface area contributed by atoms with E-state index in [1.165, 1.54) is 71.3 Å². The number of hydrogen-bond acceptors (Lipinski definition) is 3. The highest BCUT2D eigenvalue weighted by molar-refractivity contribution is 5.68. The van der Waals surface area contributed by atoms with E-state index < -0.39 is 0 Å². The molecule has 0 aromatic carbocycles. The number of amides is 1. The quantitative estimate of drug-likeness (QED) is 0.246. The Morgan fingerprint density at radius 2 is 1.18 bits per heavy atom. The van der Waals surface area contributed by atoms with Crippen molar-refractivity contribution in [2.24, 2.45) is 0 Å². The predicted octanol–water partition coefficient (Wildman–Crippen LogP) is 4.37. The van der Waals surface area contributed by atoms with Gasteiger partial charge < -0.3 is 10.1 Å². The molecule has 0 saturated carbocycles. The van der Waals surface area contributed by atoms with E-state index in [0.29, 0.717) is 6.42 Å². The third kappa shape index (κ3) is 17.0. The van der Waals surface area contributed by atoms with Gasteiger partial charge in [0.2, 0.25) is 6.41 Å². The standard InChI is InChI=1S/C18H35NO3/c1-22-18(21)15-13-11-9-7-5-3-2-4-6-8-10-12-14-16-19-17-20/h17H,2-16H2,1H3,(H,19,20). The van der Waals surface area contributed by atoms with Crippen LogP contribution < -0.4 is 5.32 Å². The van der Waals surface area contributed by atoms with Crippen LogP contribution in [-0.4, -0.2) is 26.0 Å². The monoisotopic (exact) mass is 313 g/mol. The van der Waals surface area contributed by atoms with Crippen LogP contribution in [0.1, 0.15) is 89.9 Å². The van der Waals surface area contributed by atoms with E-state index in [1.54, 1.807) is 0 Å². The van der Waals surface area contributed by atoms with Gasteiger partial charge >= 0.3 is 5.97 Å². The zero-order valence-electron chi connectivity index (χ0n) is 14.4. The van der Waals surface area contributed by atoms with Crippen molar-refractivity contribution in [1.82, 2.24) is 5.32 Å². The normalized spacial score (nSPS) is 10.4. The zero-order valence-corrected chi connectivity index (χ0v) is 14.4. The Morgan fingerprint density at radius 3 is 1.59 bits per heavy atom. The van der Waals surface area contributed by atoms with Gasteiger partial charge in [-0.15, -0.1) is 0 Å². The van der Waals surface area contributed by atoms with Gasteiger partial charge in [0.15, 0.2) is 0 Å². The van der Waals surface area contributed by atoms with Crippen LogP contribution in [0.4, 0.5) is 0 Å². The molecule has 0 radical (unpaired) electrons. The molecule has 0 aliphatic carbocycles. The molecule has 0 aromatic rings. The van der Waals surface area contributed by atoms with Crippen LogP contribution >= 0.6 is 0 Å². The Labute approximate surface area is 136 Å².